The number of carbonyl (C=O) groups is 1. The monoisotopic (exact) mass is 288 g/mol. The van der Waals surface area contributed by atoms with Crippen molar-refractivity contribution in [1.29, 1.82) is 0 Å². The number of carboxylic acid groups (broad SMARTS) is 1. The van der Waals surface area contributed by atoms with Crippen LogP contribution in [-0.2, 0) is 20.6 Å². The Labute approximate surface area is 111 Å². The molecule has 0 aliphatic carbocycles. The zero-order chi connectivity index (χ0) is 14.0. The van der Waals surface area contributed by atoms with E-state index in [0.717, 1.165) is 0 Å². The summed E-state index contributed by atoms with van der Waals surface area (Å²) in [4.78, 5) is 10.6. The fraction of sp³-hybridized carbons (Fsp3) is 0.636. The molecule has 1 unspecified atom stereocenters. The van der Waals surface area contributed by atoms with Crippen molar-refractivity contribution in [3.63, 3.8) is 0 Å². The van der Waals surface area contributed by atoms with Gasteiger partial charge < -0.3 is 9.63 Å². The van der Waals surface area contributed by atoms with Crippen molar-refractivity contribution in [3.05, 3.63) is 17.5 Å². The highest BCUT2D eigenvalue weighted by Crippen LogP contribution is 2.24. The second-order valence-electron chi connectivity index (χ2n) is 4.80. The van der Waals surface area contributed by atoms with Crippen LogP contribution in [0.25, 0.3) is 0 Å². The van der Waals surface area contributed by atoms with E-state index in [-0.39, 0.29) is 24.6 Å². The molecule has 0 aromatic carbocycles. The summed E-state index contributed by atoms with van der Waals surface area (Å²) in [5, 5.41) is 12.4. The Bertz CT molecular complexity index is 565. The largest absolute Gasteiger partial charge is 0.481 e. The first-order valence-corrected chi connectivity index (χ1v) is 7.59. The lowest BCUT2D eigenvalue weighted by Gasteiger charge is -2.15. The van der Waals surface area contributed by atoms with Gasteiger partial charge in [-0.15, -0.1) is 0 Å². The molecule has 0 radical (unpaired) electrons. The van der Waals surface area contributed by atoms with Crippen molar-refractivity contribution in [2.45, 2.75) is 25.5 Å². The second-order valence-corrected chi connectivity index (χ2v) is 6.76. The van der Waals surface area contributed by atoms with Gasteiger partial charge in [-0.1, -0.05) is 5.16 Å². The standard InChI is InChI=1S/C11H16N2O5S/c1-8-4-10(12-18-8)7-19(16,17)13-3-2-9(6-13)5-11(14)15/h4,9H,2-3,5-7H2,1H3,(H,14,15). The molecule has 1 atom stereocenters. The van der Waals surface area contributed by atoms with Crippen LogP contribution in [0.2, 0.25) is 0 Å². The van der Waals surface area contributed by atoms with Gasteiger partial charge in [0.15, 0.2) is 0 Å². The molecule has 1 aliphatic heterocycles. The molecule has 2 rings (SSSR count). The van der Waals surface area contributed by atoms with Crippen molar-refractivity contribution in [1.82, 2.24) is 9.46 Å². The fourth-order valence-corrected chi connectivity index (χ4v) is 3.74. The molecular weight excluding hydrogens is 272 g/mol. The maximum Gasteiger partial charge on any atom is 0.303 e. The van der Waals surface area contributed by atoms with E-state index in [4.69, 9.17) is 9.63 Å². The second kappa shape index (κ2) is 5.30. The average molecular weight is 288 g/mol. The third-order valence-corrected chi connectivity index (χ3v) is 4.89. The quantitative estimate of drug-likeness (QED) is 0.852. The van der Waals surface area contributed by atoms with Gasteiger partial charge in [-0.2, -0.15) is 0 Å². The SMILES string of the molecule is Cc1cc(CS(=O)(=O)N2CCC(CC(=O)O)C2)no1. The number of hydrogen-bond acceptors (Lipinski definition) is 5. The van der Waals surface area contributed by atoms with Crippen LogP contribution in [0.15, 0.2) is 10.6 Å². The molecule has 106 valence electrons. The number of aliphatic carboxylic acids is 1. The number of aromatic nitrogens is 1. The normalized spacial score (nSPS) is 20.8. The van der Waals surface area contributed by atoms with Gasteiger partial charge in [0, 0.05) is 25.6 Å². The molecule has 0 saturated carbocycles. The van der Waals surface area contributed by atoms with E-state index in [0.29, 0.717) is 24.4 Å². The highest BCUT2D eigenvalue weighted by Gasteiger charge is 2.32. The van der Waals surface area contributed by atoms with Crippen LogP contribution in [0.4, 0.5) is 0 Å². The molecule has 1 N–H and O–H groups in total. The predicted molar refractivity (Wildman–Crippen MR) is 65.8 cm³/mol. The van der Waals surface area contributed by atoms with Crippen LogP contribution in [-0.4, -0.2) is 42.0 Å². The van der Waals surface area contributed by atoms with Gasteiger partial charge >= 0.3 is 5.97 Å². The molecule has 1 aliphatic rings. The van der Waals surface area contributed by atoms with Crippen LogP contribution in [0.1, 0.15) is 24.3 Å². The molecular formula is C11H16N2O5S. The molecule has 1 aromatic heterocycles. The number of nitrogens with zero attached hydrogens (tertiary/aromatic N) is 2. The minimum absolute atomic E-state index is 0.00902. The number of hydrogen-bond donors (Lipinski definition) is 1. The van der Waals surface area contributed by atoms with Crippen molar-refractivity contribution in [2.75, 3.05) is 13.1 Å². The Hall–Kier alpha value is -1.41. The molecule has 0 bridgehead atoms. The zero-order valence-electron chi connectivity index (χ0n) is 10.6. The van der Waals surface area contributed by atoms with Crippen LogP contribution in [0, 0.1) is 12.8 Å². The molecule has 19 heavy (non-hydrogen) atoms. The Kier molecular flexibility index (Phi) is 3.91. The lowest BCUT2D eigenvalue weighted by atomic mass is 10.1. The number of rotatable bonds is 5. The molecule has 0 spiro atoms. The highest BCUT2D eigenvalue weighted by atomic mass is 32.2. The first-order valence-electron chi connectivity index (χ1n) is 5.98. The van der Waals surface area contributed by atoms with Gasteiger partial charge in [0.25, 0.3) is 0 Å². The van der Waals surface area contributed by atoms with Gasteiger partial charge in [0.2, 0.25) is 10.0 Å². The molecule has 0 amide bonds. The van der Waals surface area contributed by atoms with E-state index < -0.39 is 16.0 Å². The summed E-state index contributed by atoms with van der Waals surface area (Å²) in [6.07, 6.45) is 0.596. The Balaban J connectivity index is 1.99. The summed E-state index contributed by atoms with van der Waals surface area (Å²) in [6, 6.07) is 1.59. The maximum atomic E-state index is 12.1. The molecule has 8 heteroatoms. The van der Waals surface area contributed by atoms with Gasteiger partial charge in [-0.25, -0.2) is 12.7 Å². The molecule has 1 aromatic rings. The maximum absolute atomic E-state index is 12.1. The Morgan fingerprint density at radius 1 is 1.63 bits per heavy atom. The minimum atomic E-state index is -3.45. The minimum Gasteiger partial charge on any atom is -0.481 e. The summed E-state index contributed by atoms with van der Waals surface area (Å²) in [5.74, 6) is -0.637. The Morgan fingerprint density at radius 2 is 2.37 bits per heavy atom. The summed E-state index contributed by atoms with van der Waals surface area (Å²) in [7, 11) is -3.45. The van der Waals surface area contributed by atoms with Crippen molar-refractivity contribution in [2.24, 2.45) is 5.92 Å². The molecule has 2 heterocycles. The zero-order valence-corrected chi connectivity index (χ0v) is 11.4. The lowest BCUT2D eigenvalue weighted by molar-refractivity contribution is -0.137. The molecule has 7 nitrogen and oxygen atoms in total. The third-order valence-electron chi connectivity index (χ3n) is 3.11. The smallest absolute Gasteiger partial charge is 0.303 e. The number of sulfonamides is 1. The lowest BCUT2D eigenvalue weighted by Crippen LogP contribution is -2.30. The summed E-state index contributed by atoms with van der Waals surface area (Å²) < 4.78 is 30.5. The van der Waals surface area contributed by atoms with E-state index in [1.807, 2.05) is 0 Å². The van der Waals surface area contributed by atoms with E-state index in [1.54, 1.807) is 13.0 Å². The van der Waals surface area contributed by atoms with Crippen molar-refractivity contribution < 1.29 is 22.8 Å². The average Bonchev–Trinajstić information content (AvgIpc) is 2.87. The van der Waals surface area contributed by atoms with E-state index in [9.17, 15) is 13.2 Å². The number of carboxylic acids is 1. The summed E-state index contributed by atoms with van der Waals surface area (Å²) >= 11 is 0. The van der Waals surface area contributed by atoms with Crippen LogP contribution < -0.4 is 0 Å². The van der Waals surface area contributed by atoms with Crippen molar-refractivity contribution >= 4 is 16.0 Å². The first-order chi connectivity index (χ1) is 8.87. The van der Waals surface area contributed by atoms with Crippen LogP contribution >= 0.6 is 0 Å². The van der Waals surface area contributed by atoms with Crippen molar-refractivity contribution in [3.8, 4) is 0 Å². The molecule has 1 fully saturated rings. The molecule has 1 saturated heterocycles. The van der Waals surface area contributed by atoms with Crippen LogP contribution in [0.3, 0.4) is 0 Å². The van der Waals surface area contributed by atoms with Gasteiger partial charge in [0.1, 0.15) is 17.2 Å². The fourth-order valence-electron chi connectivity index (χ4n) is 2.23. The summed E-state index contributed by atoms with van der Waals surface area (Å²) in [6.45, 7) is 2.34. The Morgan fingerprint density at radius 3 is 2.95 bits per heavy atom. The van der Waals surface area contributed by atoms with E-state index in [1.165, 1.54) is 4.31 Å². The first kappa shape index (κ1) is 14.0. The van der Waals surface area contributed by atoms with Gasteiger partial charge in [0.05, 0.1) is 0 Å². The predicted octanol–water partition coefficient (Wildman–Crippen LogP) is 0.609. The number of aryl methyl sites for hydroxylation is 1. The highest BCUT2D eigenvalue weighted by molar-refractivity contribution is 7.88. The third kappa shape index (κ3) is 3.54. The topological polar surface area (TPSA) is 101 Å². The van der Waals surface area contributed by atoms with Crippen LogP contribution in [0.5, 0.6) is 0 Å². The van der Waals surface area contributed by atoms with E-state index in [2.05, 4.69) is 5.16 Å². The summed E-state index contributed by atoms with van der Waals surface area (Å²) in [5.41, 5.74) is 0.374. The van der Waals surface area contributed by atoms with E-state index >= 15 is 0 Å². The van der Waals surface area contributed by atoms with Gasteiger partial charge in [-0.05, 0) is 19.3 Å². The van der Waals surface area contributed by atoms with Gasteiger partial charge in [-0.3, -0.25) is 4.79 Å².